The van der Waals surface area contributed by atoms with Crippen LogP contribution in [0.5, 0.6) is 0 Å². The van der Waals surface area contributed by atoms with E-state index < -0.39 is 12.2 Å². The molecule has 3 aromatic rings. The van der Waals surface area contributed by atoms with Gasteiger partial charge in [0.15, 0.2) is 5.65 Å². The van der Waals surface area contributed by atoms with E-state index in [1.54, 1.807) is 24.3 Å². The van der Waals surface area contributed by atoms with Gasteiger partial charge in [-0.1, -0.05) is 12.1 Å². The first kappa shape index (κ1) is 17.7. The Hall–Kier alpha value is -2.68. The SMILES string of the molecule is CC(c1ccc(F)cc1)N1CCN(c2ccc3nnc(C(F)F)n3n2)CC1. The molecule has 2 aromatic heterocycles. The van der Waals surface area contributed by atoms with Crippen LogP contribution in [0.1, 0.15) is 30.8 Å². The summed E-state index contributed by atoms with van der Waals surface area (Å²) in [5.41, 5.74) is 1.37. The summed E-state index contributed by atoms with van der Waals surface area (Å²) >= 11 is 0. The van der Waals surface area contributed by atoms with Gasteiger partial charge in [-0.2, -0.15) is 4.52 Å². The van der Waals surface area contributed by atoms with Gasteiger partial charge in [0.1, 0.15) is 11.6 Å². The lowest BCUT2D eigenvalue weighted by Crippen LogP contribution is -2.47. The first-order valence-electron chi connectivity index (χ1n) is 8.78. The van der Waals surface area contributed by atoms with Crippen LogP contribution in [0.15, 0.2) is 36.4 Å². The van der Waals surface area contributed by atoms with Crippen molar-refractivity contribution in [2.45, 2.75) is 19.4 Å². The Bertz CT molecular complexity index is 918. The normalized spacial score (nSPS) is 17.0. The number of nitrogens with zero attached hydrogens (tertiary/aromatic N) is 6. The molecule has 0 amide bonds. The Morgan fingerprint density at radius 3 is 2.30 bits per heavy atom. The average molecular weight is 376 g/mol. The van der Waals surface area contributed by atoms with Gasteiger partial charge in [0.2, 0.25) is 5.82 Å². The maximum Gasteiger partial charge on any atom is 0.299 e. The smallest absolute Gasteiger partial charge is 0.299 e. The highest BCUT2D eigenvalue weighted by Crippen LogP contribution is 2.24. The highest BCUT2D eigenvalue weighted by Gasteiger charge is 2.24. The fraction of sp³-hybridized carbons (Fsp3) is 0.389. The molecule has 1 aliphatic rings. The van der Waals surface area contributed by atoms with Crippen molar-refractivity contribution in [3.8, 4) is 0 Å². The molecule has 0 bridgehead atoms. The second-order valence-electron chi connectivity index (χ2n) is 6.57. The van der Waals surface area contributed by atoms with Gasteiger partial charge in [-0.25, -0.2) is 13.2 Å². The third-order valence-corrected chi connectivity index (χ3v) is 5.01. The van der Waals surface area contributed by atoms with Gasteiger partial charge in [0, 0.05) is 32.2 Å². The van der Waals surface area contributed by atoms with Gasteiger partial charge in [0.25, 0.3) is 6.43 Å². The summed E-state index contributed by atoms with van der Waals surface area (Å²) in [5.74, 6) is -0.0666. The van der Waals surface area contributed by atoms with E-state index in [0.717, 1.165) is 36.3 Å². The molecular formula is C18H19F3N6. The number of hydrogen-bond acceptors (Lipinski definition) is 5. The van der Waals surface area contributed by atoms with Gasteiger partial charge < -0.3 is 4.90 Å². The minimum atomic E-state index is -2.73. The van der Waals surface area contributed by atoms with E-state index in [1.807, 2.05) is 0 Å². The predicted octanol–water partition coefficient (Wildman–Crippen LogP) is 3.08. The maximum absolute atomic E-state index is 13.1. The monoisotopic (exact) mass is 376 g/mol. The summed E-state index contributed by atoms with van der Waals surface area (Å²) in [5, 5.41) is 11.5. The molecule has 0 spiro atoms. The number of aromatic nitrogens is 4. The lowest BCUT2D eigenvalue weighted by Gasteiger charge is -2.38. The van der Waals surface area contributed by atoms with E-state index >= 15 is 0 Å². The molecule has 1 atom stereocenters. The first-order valence-corrected chi connectivity index (χ1v) is 8.78. The van der Waals surface area contributed by atoms with E-state index in [9.17, 15) is 13.2 Å². The zero-order chi connectivity index (χ0) is 19.0. The Balaban J connectivity index is 1.46. The van der Waals surface area contributed by atoms with Crippen LogP contribution in [0, 0.1) is 5.82 Å². The minimum Gasteiger partial charge on any atom is -0.353 e. The van der Waals surface area contributed by atoms with Crippen molar-refractivity contribution in [3.63, 3.8) is 0 Å². The molecule has 1 aliphatic heterocycles. The third kappa shape index (κ3) is 3.46. The summed E-state index contributed by atoms with van der Waals surface area (Å²) in [6.45, 7) is 5.12. The molecule has 9 heteroatoms. The molecule has 1 saturated heterocycles. The highest BCUT2D eigenvalue weighted by atomic mass is 19.3. The Morgan fingerprint density at radius 1 is 0.926 bits per heavy atom. The zero-order valence-corrected chi connectivity index (χ0v) is 14.8. The molecule has 0 saturated carbocycles. The minimum absolute atomic E-state index is 0.173. The van der Waals surface area contributed by atoms with Crippen molar-refractivity contribution in [2.24, 2.45) is 0 Å². The number of benzene rings is 1. The summed E-state index contributed by atoms with van der Waals surface area (Å²) in [4.78, 5) is 4.37. The van der Waals surface area contributed by atoms with Gasteiger partial charge in [0.05, 0.1) is 0 Å². The summed E-state index contributed by atoms with van der Waals surface area (Å²) < 4.78 is 40.3. The molecular weight excluding hydrogens is 357 g/mol. The van der Waals surface area contributed by atoms with E-state index in [2.05, 4.69) is 32.0 Å². The molecule has 1 unspecified atom stereocenters. The van der Waals surface area contributed by atoms with Gasteiger partial charge in [-0.15, -0.1) is 15.3 Å². The van der Waals surface area contributed by atoms with Gasteiger partial charge >= 0.3 is 0 Å². The number of piperazine rings is 1. The Kier molecular flexibility index (Phi) is 4.69. The number of fused-ring (bicyclic) bond motifs is 1. The van der Waals surface area contributed by atoms with Gasteiger partial charge in [-0.05, 0) is 36.8 Å². The topological polar surface area (TPSA) is 49.6 Å². The highest BCUT2D eigenvalue weighted by molar-refractivity contribution is 5.46. The second-order valence-corrected chi connectivity index (χ2v) is 6.57. The van der Waals surface area contributed by atoms with Crippen LogP contribution >= 0.6 is 0 Å². The number of hydrogen-bond donors (Lipinski definition) is 0. The Morgan fingerprint density at radius 2 is 1.63 bits per heavy atom. The van der Waals surface area contributed by atoms with Crippen molar-refractivity contribution in [1.82, 2.24) is 24.7 Å². The van der Waals surface area contributed by atoms with Crippen molar-refractivity contribution in [1.29, 1.82) is 0 Å². The number of halogens is 3. The molecule has 1 aromatic carbocycles. The van der Waals surface area contributed by atoms with E-state index in [1.165, 1.54) is 12.1 Å². The number of anilines is 1. The lowest BCUT2D eigenvalue weighted by molar-refractivity contribution is 0.137. The average Bonchev–Trinajstić information content (AvgIpc) is 3.12. The second kappa shape index (κ2) is 7.15. The van der Waals surface area contributed by atoms with Crippen LogP contribution in [0.2, 0.25) is 0 Å². The van der Waals surface area contributed by atoms with E-state index in [0.29, 0.717) is 11.5 Å². The first-order chi connectivity index (χ1) is 13.0. The summed E-state index contributed by atoms with van der Waals surface area (Å²) in [6, 6.07) is 10.2. The molecule has 6 nitrogen and oxygen atoms in total. The van der Waals surface area contributed by atoms with Crippen LogP contribution in [0.25, 0.3) is 5.65 Å². The van der Waals surface area contributed by atoms with Gasteiger partial charge in [-0.3, -0.25) is 4.90 Å². The molecule has 4 rings (SSSR count). The maximum atomic E-state index is 13.1. The largest absolute Gasteiger partial charge is 0.353 e. The fourth-order valence-electron chi connectivity index (χ4n) is 3.39. The molecule has 27 heavy (non-hydrogen) atoms. The van der Waals surface area contributed by atoms with Crippen molar-refractivity contribution >= 4 is 11.5 Å². The number of rotatable bonds is 4. The lowest BCUT2D eigenvalue weighted by atomic mass is 10.1. The van der Waals surface area contributed by atoms with Crippen LogP contribution in [0.4, 0.5) is 19.0 Å². The molecule has 0 radical (unpaired) electrons. The molecule has 3 heterocycles. The van der Waals surface area contributed by atoms with Crippen LogP contribution in [-0.4, -0.2) is 50.9 Å². The molecule has 0 aliphatic carbocycles. The zero-order valence-electron chi connectivity index (χ0n) is 14.8. The molecule has 1 fully saturated rings. The van der Waals surface area contributed by atoms with Crippen LogP contribution in [-0.2, 0) is 0 Å². The van der Waals surface area contributed by atoms with E-state index in [-0.39, 0.29) is 11.9 Å². The van der Waals surface area contributed by atoms with Crippen molar-refractivity contribution in [2.75, 3.05) is 31.1 Å². The van der Waals surface area contributed by atoms with Crippen molar-refractivity contribution in [3.05, 3.63) is 53.6 Å². The van der Waals surface area contributed by atoms with Crippen LogP contribution in [0.3, 0.4) is 0 Å². The predicted molar refractivity (Wildman–Crippen MR) is 94.3 cm³/mol. The quantitative estimate of drug-likeness (QED) is 0.700. The van der Waals surface area contributed by atoms with Crippen LogP contribution < -0.4 is 4.90 Å². The number of alkyl halides is 2. The fourth-order valence-corrected chi connectivity index (χ4v) is 3.39. The van der Waals surface area contributed by atoms with Crippen molar-refractivity contribution < 1.29 is 13.2 Å². The van der Waals surface area contributed by atoms with E-state index in [4.69, 9.17) is 0 Å². The molecule has 142 valence electrons. The third-order valence-electron chi connectivity index (χ3n) is 5.01. The molecule has 0 N–H and O–H groups in total. The standard InChI is InChI=1S/C18H19F3N6/c1-12(13-2-4-14(19)5-3-13)25-8-10-26(11-9-25)16-7-6-15-22-23-18(17(20)21)27(15)24-16/h2-7,12,17H,8-11H2,1H3. The summed E-state index contributed by atoms with van der Waals surface area (Å²) in [6.07, 6.45) is -2.73. The Labute approximate surface area is 154 Å². The summed E-state index contributed by atoms with van der Waals surface area (Å²) in [7, 11) is 0.